The van der Waals surface area contributed by atoms with Gasteiger partial charge in [-0.25, -0.2) is 15.2 Å². The Bertz CT molecular complexity index is 789. The molecule has 0 aliphatic carbocycles. The average molecular weight is 370 g/mol. The zero-order chi connectivity index (χ0) is 19.4. The maximum absolute atomic E-state index is 13.1. The molecule has 5 nitrogen and oxygen atoms in total. The first-order valence-corrected chi connectivity index (χ1v) is 9.44. The van der Waals surface area contributed by atoms with Crippen LogP contribution in [0.25, 0.3) is 0 Å². The van der Waals surface area contributed by atoms with Crippen molar-refractivity contribution in [1.82, 2.24) is 10.9 Å². The topological polar surface area (TPSA) is 56.4 Å². The van der Waals surface area contributed by atoms with E-state index in [0.717, 1.165) is 35.6 Å². The van der Waals surface area contributed by atoms with E-state index in [1.807, 2.05) is 19.1 Å². The van der Waals surface area contributed by atoms with E-state index in [2.05, 4.69) is 41.0 Å². The summed E-state index contributed by atoms with van der Waals surface area (Å²) >= 11 is 0. The number of aryl methyl sites for hydroxylation is 1. The van der Waals surface area contributed by atoms with E-state index in [-0.39, 0.29) is 23.8 Å². The number of amides is 1. The van der Waals surface area contributed by atoms with Crippen LogP contribution in [0.2, 0.25) is 0 Å². The lowest BCUT2D eigenvalue weighted by Gasteiger charge is -2.22. The monoisotopic (exact) mass is 370 g/mol. The summed E-state index contributed by atoms with van der Waals surface area (Å²) in [5.41, 5.74) is 10.1. The molecule has 1 fully saturated rings. The number of nitrogens with zero attached hydrogens (tertiary/aromatic N) is 1. The number of hydrazine groups is 1. The van der Waals surface area contributed by atoms with Crippen LogP contribution in [0.15, 0.2) is 42.5 Å². The van der Waals surface area contributed by atoms with Gasteiger partial charge in [-0.3, -0.25) is 4.79 Å². The zero-order valence-corrected chi connectivity index (χ0v) is 16.1. The Hall–Kier alpha value is -2.44. The lowest BCUT2D eigenvalue weighted by molar-refractivity contribution is -0.117. The van der Waals surface area contributed by atoms with Gasteiger partial charge in [0.15, 0.2) is 0 Å². The molecule has 3 rings (SSSR count). The Balaban J connectivity index is 1.63. The van der Waals surface area contributed by atoms with Crippen LogP contribution >= 0.6 is 0 Å². The number of anilines is 2. The largest absolute Gasteiger partial charge is 0.372 e. The molecule has 0 saturated carbocycles. The zero-order valence-electron chi connectivity index (χ0n) is 16.1. The van der Waals surface area contributed by atoms with Gasteiger partial charge in [-0.2, -0.15) is 0 Å². The highest BCUT2D eigenvalue weighted by atomic mass is 19.1. The van der Waals surface area contributed by atoms with Crippen molar-refractivity contribution in [3.8, 4) is 0 Å². The molecule has 1 aliphatic rings. The first-order valence-electron chi connectivity index (χ1n) is 9.44. The van der Waals surface area contributed by atoms with Crippen molar-refractivity contribution in [2.75, 3.05) is 23.3 Å². The van der Waals surface area contributed by atoms with Gasteiger partial charge in [0.05, 0.1) is 0 Å². The standard InChI is InChI=1S/C21H27FN4O/c1-4-26(5-2)17-10-11-18(14(3)12-17)23-21(27)20-13-19(24-25-20)15-6-8-16(22)9-7-15/h6-12,19-20,24-25H,4-5,13H2,1-3H3,(H,23,27). The summed E-state index contributed by atoms with van der Waals surface area (Å²) in [6.07, 6.45) is 0.605. The molecule has 3 N–H and O–H groups in total. The molecule has 0 spiro atoms. The van der Waals surface area contributed by atoms with E-state index in [4.69, 9.17) is 0 Å². The van der Waals surface area contributed by atoms with Crippen molar-refractivity contribution >= 4 is 17.3 Å². The summed E-state index contributed by atoms with van der Waals surface area (Å²) in [7, 11) is 0. The molecule has 2 aromatic rings. The van der Waals surface area contributed by atoms with Crippen LogP contribution in [-0.2, 0) is 4.79 Å². The van der Waals surface area contributed by atoms with Gasteiger partial charge in [-0.05, 0) is 68.7 Å². The van der Waals surface area contributed by atoms with Crippen molar-refractivity contribution in [1.29, 1.82) is 0 Å². The molecule has 2 aromatic carbocycles. The molecule has 1 amide bonds. The third-order valence-corrected chi connectivity index (χ3v) is 5.09. The normalized spacial score (nSPS) is 19.1. The number of hydrogen-bond acceptors (Lipinski definition) is 4. The third kappa shape index (κ3) is 4.46. The van der Waals surface area contributed by atoms with Crippen LogP contribution in [-0.4, -0.2) is 25.0 Å². The summed E-state index contributed by atoms with van der Waals surface area (Å²) < 4.78 is 13.1. The third-order valence-electron chi connectivity index (χ3n) is 5.09. The maximum Gasteiger partial charge on any atom is 0.242 e. The minimum Gasteiger partial charge on any atom is -0.372 e. The van der Waals surface area contributed by atoms with E-state index in [0.29, 0.717) is 6.42 Å². The number of hydrogen-bond donors (Lipinski definition) is 3. The molecule has 144 valence electrons. The maximum atomic E-state index is 13.1. The van der Waals surface area contributed by atoms with Crippen LogP contribution < -0.4 is 21.1 Å². The van der Waals surface area contributed by atoms with E-state index in [9.17, 15) is 9.18 Å². The molecule has 27 heavy (non-hydrogen) atoms. The van der Waals surface area contributed by atoms with E-state index in [1.165, 1.54) is 12.1 Å². The molecule has 6 heteroatoms. The van der Waals surface area contributed by atoms with Gasteiger partial charge in [-0.15, -0.1) is 0 Å². The molecule has 0 aromatic heterocycles. The first kappa shape index (κ1) is 19.3. The van der Waals surface area contributed by atoms with Crippen LogP contribution in [0.5, 0.6) is 0 Å². The molecule has 1 heterocycles. The van der Waals surface area contributed by atoms with Crippen molar-refractivity contribution in [2.45, 2.75) is 39.3 Å². The molecule has 0 bridgehead atoms. The van der Waals surface area contributed by atoms with Gasteiger partial charge in [0, 0.05) is 30.5 Å². The molecule has 2 atom stereocenters. The summed E-state index contributed by atoms with van der Waals surface area (Å²) in [4.78, 5) is 14.9. The summed E-state index contributed by atoms with van der Waals surface area (Å²) in [6.45, 7) is 8.16. The SMILES string of the molecule is CCN(CC)c1ccc(NC(=O)C2CC(c3ccc(F)cc3)NN2)c(C)c1. The fourth-order valence-corrected chi connectivity index (χ4v) is 3.44. The fourth-order valence-electron chi connectivity index (χ4n) is 3.44. The number of carbonyl (C=O) groups is 1. The average Bonchev–Trinajstić information content (AvgIpc) is 3.16. The van der Waals surface area contributed by atoms with Gasteiger partial charge >= 0.3 is 0 Å². The fraction of sp³-hybridized carbons (Fsp3) is 0.381. The second-order valence-electron chi connectivity index (χ2n) is 6.84. The smallest absolute Gasteiger partial charge is 0.242 e. The quantitative estimate of drug-likeness (QED) is 0.728. The number of carbonyl (C=O) groups excluding carboxylic acids is 1. The molecule has 1 aliphatic heterocycles. The second kappa shape index (κ2) is 8.50. The number of benzene rings is 2. The second-order valence-corrected chi connectivity index (χ2v) is 6.84. The number of halogens is 1. The Morgan fingerprint density at radius 2 is 1.85 bits per heavy atom. The Labute approximate surface area is 159 Å². The lowest BCUT2D eigenvalue weighted by atomic mass is 10.0. The van der Waals surface area contributed by atoms with Crippen molar-refractivity contribution < 1.29 is 9.18 Å². The highest BCUT2D eigenvalue weighted by Crippen LogP contribution is 2.25. The highest BCUT2D eigenvalue weighted by molar-refractivity contribution is 5.95. The van der Waals surface area contributed by atoms with Crippen LogP contribution in [0.4, 0.5) is 15.8 Å². The van der Waals surface area contributed by atoms with Crippen LogP contribution in [0, 0.1) is 12.7 Å². The van der Waals surface area contributed by atoms with Crippen molar-refractivity contribution in [2.24, 2.45) is 0 Å². The lowest BCUT2D eigenvalue weighted by Crippen LogP contribution is -2.39. The molecular formula is C21H27FN4O. The van der Waals surface area contributed by atoms with Crippen LogP contribution in [0.3, 0.4) is 0 Å². The number of nitrogens with one attached hydrogen (secondary N) is 3. The highest BCUT2D eigenvalue weighted by Gasteiger charge is 2.30. The van der Waals surface area contributed by atoms with Gasteiger partial charge in [0.25, 0.3) is 0 Å². The van der Waals surface area contributed by atoms with Crippen molar-refractivity contribution in [3.05, 3.63) is 59.4 Å². The van der Waals surface area contributed by atoms with E-state index in [1.54, 1.807) is 12.1 Å². The van der Waals surface area contributed by atoms with Gasteiger partial charge in [-0.1, -0.05) is 12.1 Å². The van der Waals surface area contributed by atoms with E-state index < -0.39 is 0 Å². The Morgan fingerprint density at radius 3 is 2.48 bits per heavy atom. The molecular weight excluding hydrogens is 343 g/mol. The number of rotatable bonds is 6. The predicted octanol–water partition coefficient (Wildman–Crippen LogP) is 3.53. The Morgan fingerprint density at radius 1 is 1.15 bits per heavy atom. The van der Waals surface area contributed by atoms with Gasteiger partial charge in [0.1, 0.15) is 11.9 Å². The van der Waals surface area contributed by atoms with Crippen molar-refractivity contribution in [3.63, 3.8) is 0 Å². The predicted molar refractivity (Wildman–Crippen MR) is 107 cm³/mol. The molecule has 1 saturated heterocycles. The minimum atomic E-state index is -0.345. The minimum absolute atomic E-state index is 0.0208. The summed E-state index contributed by atoms with van der Waals surface area (Å²) in [5.74, 6) is -0.339. The molecule has 0 radical (unpaired) electrons. The van der Waals surface area contributed by atoms with E-state index >= 15 is 0 Å². The summed E-state index contributed by atoms with van der Waals surface area (Å²) in [5, 5.41) is 3.02. The Kier molecular flexibility index (Phi) is 6.08. The van der Waals surface area contributed by atoms with Crippen LogP contribution in [0.1, 0.15) is 37.4 Å². The summed E-state index contributed by atoms with van der Waals surface area (Å²) in [6, 6.07) is 12.1. The van der Waals surface area contributed by atoms with Gasteiger partial charge < -0.3 is 10.2 Å². The van der Waals surface area contributed by atoms with Gasteiger partial charge in [0.2, 0.25) is 5.91 Å². The molecule has 2 unspecified atom stereocenters. The first-order chi connectivity index (χ1) is 13.0.